The van der Waals surface area contributed by atoms with Crippen LogP contribution in [0.2, 0.25) is 0 Å². The fourth-order valence-corrected chi connectivity index (χ4v) is 1.19. The quantitative estimate of drug-likeness (QED) is 0.462. The summed E-state index contributed by atoms with van der Waals surface area (Å²) in [6.45, 7) is 2.58. The Morgan fingerprint density at radius 2 is 1.80 bits per heavy atom. The molecule has 0 aliphatic heterocycles. The Labute approximate surface area is 91.6 Å². The second-order valence-corrected chi connectivity index (χ2v) is 3.60. The molecule has 2 amide bonds. The first-order valence-electron chi connectivity index (χ1n) is 5.57. The van der Waals surface area contributed by atoms with Crippen molar-refractivity contribution in [1.82, 2.24) is 4.90 Å². The van der Waals surface area contributed by atoms with Crippen molar-refractivity contribution in [2.75, 3.05) is 13.7 Å². The second kappa shape index (κ2) is 9.49. The van der Waals surface area contributed by atoms with Gasteiger partial charge in [0.2, 0.25) is 6.41 Å². The monoisotopic (exact) mass is 215 g/mol. The van der Waals surface area contributed by atoms with E-state index in [1.165, 1.54) is 32.7 Å². The predicted molar refractivity (Wildman–Crippen MR) is 58.6 cm³/mol. The van der Waals surface area contributed by atoms with Gasteiger partial charge in [0.25, 0.3) is 0 Å². The number of unbranched alkanes of at least 4 members (excludes halogenated alkanes) is 5. The van der Waals surface area contributed by atoms with E-state index in [1.807, 2.05) is 0 Å². The van der Waals surface area contributed by atoms with E-state index in [9.17, 15) is 9.59 Å². The van der Waals surface area contributed by atoms with Gasteiger partial charge in [-0.2, -0.15) is 0 Å². The molecule has 4 heteroatoms. The summed E-state index contributed by atoms with van der Waals surface area (Å²) < 4.78 is 4.86. The van der Waals surface area contributed by atoms with Gasteiger partial charge in [0, 0.05) is 7.05 Å². The molecule has 0 heterocycles. The van der Waals surface area contributed by atoms with E-state index < -0.39 is 6.09 Å². The molecule has 0 aromatic carbocycles. The van der Waals surface area contributed by atoms with E-state index in [4.69, 9.17) is 4.74 Å². The maximum atomic E-state index is 11.0. The molecule has 88 valence electrons. The van der Waals surface area contributed by atoms with E-state index >= 15 is 0 Å². The van der Waals surface area contributed by atoms with Gasteiger partial charge in [0.05, 0.1) is 6.61 Å². The molecule has 0 bridgehead atoms. The van der Waals surface area contributed by atoms with E-state index in [2.05, 4.69) is 6.92 Å². The third kappa shape index (κ3) is 7.97. The molecule has 0 saturated heterocycles. The van der Waals surface area contributed by atoms with Crippen LogP contribution in [0.4, 0.5) is 4.79 Å². The molecule has 0 aromatic heterocycles. The molecule has 0 aliphatic carbocycles. The van der Waals surface area contributed by atoms with Crippen molar-refractivity contribution in [3.8, 4) is 0 Å². The minimum Gasteiger partial charge on any atom is -0.449 e. The number of imide groups is 1. The molecule has 0 radical (unpaired) electrons. The van der Waals surface area contributed by atoms with Crippen LogP contribution in [0.1, 0.15) is 45.4 Å². The van der Waals surface area contributed by atoms with E-state index in [-0.39, 0.29) is 0 Å². The average Bonchev–Trinajstić information content (AvgIpc) is 2.26. The number of hydrogen-bond acceptors (Lipinski definition) is 3. The molecule has 0 unspecified atom stereocenters. The van der Waals surface area contributed by atoms with Crippen molar-refractivity contribution in [3.05, 3.63) is 0 Å². The van der Waals surface area contributed by atoms with Crippen molar-refractivity contribution in [3.63, 3.8) is 0 Å². The first-order chi connectivity index (χ1) is 7.22. The highest BCUT2D eigenvalue weighted by Gasteiger charge is 2.06. The zero-order chi connectivity index (χ0) is 11.5. The minimum absolute atomic E-state index is 0.406. The molecular weight excluding hydrogens is 194 g/mol. The molecule has 0 aromatic rings. The molecule has 15 heavy (non-hydrogen) atoms. The van der Waals surface area contributed by atoms with Gasteiger partial charge in [-0.3, -0.25) is 9.69 Å². The number of carbonyl (C=O) groups excluding carboxylic acids is 2. The smallest absolute Gasteiger partial charge is 0.416 e. The average molecular weight is 215 g/mol. The standard InChI is InChI=1S/C11H21NO3/c1-3-4-5-6-7-8-9-15-11(14)12(2)10-13/h10H,3-9H2,1-2H3. The normalized spacial score (nSPS) is 9.73. The maximum Gasteiger partial charge on any atom is 0.416 e. The van der Waals surface area contributed by atoms with Gasteiger partial charge in [-0.05, 0) is 6.42 Å². The lowest BCUT2D eigenvalue weighted by molar-refractivity contribution is -0.115. The van der Waals surface area contributed by atoms with Crippen LogP contribution in [0.5, 0.6) is 0 Å². The van der Waals surface area contributed by atoms with Crippen LogP contribution in [0.3, 0.4) is 0 Å². The van der Waals surface area contributed by atoms with Crippen molar-refractivity contribution in [2.45, 2.75) is 45.4 Å². The fraction of sp³-hybridized carbons (Fsp3) is 0.818. The maximum absolute atomic E-state index is 11.0. The third-order valence-electron chi connectivity index (χ3n) is 2.17. The summed E-state index contributed by atoms with van der Waals surface area (Å²) >= 11 is 0. The molecule has 0 atom stereocenters. The summed E-state index contributed by atoms with van der Waals surface area (Å²) in [5.41, 5.74) is 0. The van der Waals surface area contributed by atoms with Crippen LogP contribution in [-0.4, -0.2) is 31.1 Å². The summed E-state index contributed by atoms with van der Waals surface area (Å²) in [5, 5.41) is 0. The van der Waals surface area contributed by atoms with Gasteiger partial charge in [-0.1, -0.05) is 39.0 Å². The Bertz CT molecular complexity index is 183. The largest absolute Gasteiger partial charge is 0.449 e. The molecule has 4 nitrogen and oxygen atoms in total. The highest BCUT2D eigenvalue weighted by molar-refractivity contribution is 5.79. The van der Waals surface area contributed by atoms with E-state index in [1.54, 1.807) is 0 Å². The van der Waals surface area contributed by atoms with Crippen molar-refractivity contribution >= 4 is 12.5 Å². The van der Waals surface area contributed by atoms with E-state index in [0.29, 0.717) is 13.0 Å². The number of carbonyl (C=O) groups is 2. The second-order valence-electron chi connectivity index (χ2n) is 3.60. The number of amides is 2. The zero-order valence-electron chi connectivity index (χ0n) is 9.70. The minimum atomic E-state index is -0.571. The van der Waals surface area contributed by atoms with Crippen molar-refractivity contribution < 1.29 is 14.3 Å². The Hall–Kier alpha value is -1.06. The zero-order valence-corrected chi connectivity index (χ0v) is 9.70. The number of hydrogen-bond donors (Lipinski definition) is 0. The lowest BCUT2D eigenvalue weighted by atomic mass is 10.1. The van der Waals surface area contributed by atoms with Gasteiger partial charge in [-0.25, -0.2) is 4.79 Å². The van der Waals surface area contributed by atoms with Gasteiger partial charge in [0.15, 0.2) is 0 Å². The Balaban J connectivity index is 3.23. The highest BCUT2D eigenvalue weighted by atomic mass is 16.6. The lowest BCUT2D eigenvalue weighted by Gasteiger charge is -2.09. The summed E-state index contributed by atoms with van der Waals surface area (Å²) in [6.07, 6.45) is 6.78. The molecule has 0 saturated carbocycles. The van der Waals surface area contributed by atoms with Gasteiger partial charge < -0.3 is 4.74 Å². The molecule has 0 rings (SSSR count). The van der Waals surface area contributed by atoms with Crippen LogP contribution in [-0.2, 0) is 9.53 Å². The first kappa shape index (κ1) is 13.9. The molecule has 0 spiro atoms. The Morgan fingerprint density at radius 1 is 1.20 bits per heavy atom. The Morgan fingerprint density at radius 3 is 2.40 bits per heavy atom. The van der Waals surface area contributed by atoms with Crippen LogP contribution in [0.25, 0.3) is 0 Å². The number of ether oxygens (including phenoxy) is 1. The summed E-state index contributed by atoms with van der Waals surface area (Å²) in [6, 6.07) is 0. The SMILES string of the molecule is CCCCCCCCOC(=O)N(C)C=O. The van der Waals surface area contributed by atoms with Crippen molar-refractivity contribution in [1.29, 1.82) is 0 Å². The lowest BCUT2D eigenvalue weighted by Crippen LogP contribution is -2.26. The summed E-state index contributed by atoms with van der Waals surface area (Å²) in [4.78, 5) is 22.1. The fourth-order valence-electron chi connectivity index (χ4n) is 1.19. The van der Waals surface area contributed by atoms with Crippen LogP contribution < -0.4 is 0 Å². The predicted octanol–water partition coefficient (Wildman–Crippen LogP) is 2.57. The number of rotatable bonds is 8. The van der Waals surface area contributed by atoms with Crippen LogP contribution in [0, 0.1) is 0 Å². The van der Waals surface area contributed by atoms with Gasteiger partial charge >= 0.3 is 6.09 Å². The molecular formula is C11H21NO3. The first-order valence-corrected chi connectivity index (χ1v) is 5.57. The highest BCUT2D eigenvalue weighted by Crippen LogP contribution is 2.05. The molecule has 0 fully saturated rings. The molecule has 0 aliphatic rings. The Kier molecular flexibility index (Phi) is 8.82. The van der Waals surface area contributed by atoms with Crippen LogP contribution >= 0.6 is 0 Å². The van der Waals surface area contributed by atoms with Gasteiger partial charge in [0.1, 0.15) is 0 Å². The van der Waals surface area contributed by atoms with E-state index in [0.717, 1.165) is 17.7 Å². The summed E-state index contributed by atoms with van der Waals surface area (Å²) in [5.74, 6) is 0. The topological polar surface area (TPSA) is 46.6 Å². The van der Waals surface area contributed by atoms with Gasteiger partial charge in [-0.15, -0.1) is 0 Å². The summed E-state index contributed by atoms with van der Waals surface area (Å²) in [7, 11) is 1.39. The molecule has 0 N–H and O–H groups in total. The van der Waals surface area contributed by atoms with Crippen molar-refractivity contribution in [2.24, 2.45) is 0 Å². The van der Waals surface area contributed by atoms with Crippen LogP contribution in [0.15, 0.2) is 0 Å². The number of nitrogens with zero attached hydrogens (tertiary/aromatic N) is 1. The third-order valence-corrected chi connectivity index (χ3v) is 2.17.